The lowest BCUT2D eigenvalue weighted by molar-refractivity contribution is 0.0526. The summed E-state index contributed by atoms with van der Waals surface area (Å²) in [6.07, 6.45) is 0.676. The molecule has 3 rings (SSSR count). The third-order valence-corrected chi connectivity index (χ3v) is 6.54. The van der Waals surface area contributed by atoms with Crippen LogP contribution in [0.4, 0.5) is 5.00 Å². The van der Waals surface area contributed by atoms with Crippen LogP contribution in [0.2, 0.25) is 0 Å². The zero-order valence-electron chi connectivity index (χ0n) is 18.6. The minimum atomic E-state index is -0.399. The van der Waals surface area contributed by atoms with Crippen LogP contribution in [0.3, 0.4) is 0 Å². The molecule has 2 aromatic rings. The Labute approximate surface area is 188 Å². The van der Waals surface area contributed by atoms with Gasteiger partial charge in [0.15, 0.2) is 5.69 Å². The Bertz CT molecular complexity index is 962. The maximum absolute atomic E-state index is 12.9. The van der Waals surface area contributed by atoms with Gasteiger partial charge >= 0.3 is 5.97 Å². The topological polar surface area (TPSA) is 85.2 Å². The quantitative estimate of drug-likeness (QED) is 0.658. The molecule has 3 heterocycles. The fraction of sp³-hybridized carbons (Fsp3) is 0.571. The second-order valence-electron chi connectivity index (χ2n) is 8.59. The Morgan fingerprint density at radius 3 is 2.53 bits per heavy atom. The van der Waals surface area contributed by atoms with Crippen molar-refractivity contribution in [2.45, 2.75) is 72.5 Å². The second-order valence-corrected chi connectivity index (χ2v) is 9.61. The minimum absolute atomic E-state index is 0. The van der Waals surface area contributed by atoms with Gasteiger partial charge in [0.1, 0.15) is 5.00 Å². The number of rotatable bonds is 5. The summed E-state index contributed by atoms with van der Waals surface area (Å²) in [5.74, 6) is -0.724. The van der Waals surface area contributed by atoms with Crippen LogP contribution in [0.25, 0.3) is 0 Å². The summed E-state index contributed by atoms with van der Waals surface area (Å²) in [6, 6.07) is 1.75. The molecule has 1 aliphatic heterocycles. The Hall–Kier alpha value is -1.90. The van der Waals surface area contributed by atoms with E-state index in [0.717, 1.165) is 16.1 Å². The number of carbonyl (C=O) groups excluding carboxylic acids is 2. The van der Waals surface area contributed by atoms with Crippen LogP contribution in [0, 0.1) is 6.92 Å². The molecular weight excluding hydrogens is 424 g/mol. The molecule has 1 aliphatic rings. The Morgan fingerprint density at radius 1 is 1.30 bits per heavy atom. The number of aromatic nitrogens is 2. The fourth-order valence-electron chi connectivity index (χ4n) is 4.14. The van der Waals surface area contributed by atoms with Crippen molar-refractivity contribution in [2.24, 2.45) is 0 Å². The maximum Gasteiger partial charge on any atom is 0.341 e. The third-order valence-electron chi connectivity index (χ3n) is 5.06. The molecule has 0 aromatic carbocycles. The normalized spacial score (nSPS) is 16.4. The molecule has 9 heteroatoms. The lowest BCUT2D eigenvalue weighted by Gasteiger charge is -2.42. The average molecular weight is 455 g/mol. The molecule has 2 aromatic heterocycles. The van der Waals surface area contributed by atoms with Gasteiger partial charge in [-0.3, -0.25) is 9.48 Å². The smallest absolute Gasteiger partial charge is 0.341 e. The molecule has 0 aliphatic carbocycles. The maximum atomic E-state index is 12.9. The standard InChI is InChI=1S/C21H30N4O3S.ClH/c1-8-25-12(3)10-14(23-25)17(26)22-18-15(19(27)28-9-2)13-11-20(4,5)24-21(6,7)16(13)29-18;/h10,24H,8-9,11H2,1-7H3,(H,22,26);1H. The average Bonchev–Trinajstić information content (AvgIpc) is 3.14. The molecule has 0 unspecified atom stereocenters. The molecule has 7 nitrogen and oxygen atoms in total. The number of thiophene rings is 1. The number of nitrogens with one attached hydrogen (secondary N) is 2. The summed E-state index contributed by atoms with van der Waals surface area (Å²) in [7, 11) is 0. The van der Waals surface area contributed by atoms with Gasteiger partial charge in [-0.15, -0.1) is 23.7 Å². The van der Waals surface area contributed by atoms with Crippen molar-refractivity contribution in [3.63, 3.8) is 0 Å². The SMILES string of the molecule is CCOC(=O)c1c(NC(=O)c2cc(C)n(CC)n2)sc2c1CC(C)(C)NC2(C)C.Cl. The van der Waals surface area contributed by atoms with Gasteiger partial charge in [-0.2, -0.15) is 5.10 Å². The molecule has 0 bridgehead atoms. The Morgan fingerprint density at radius 2 is 1.97 bits per heavy atom. The number of anilines is 1. The predicted molar refractivity (Wildman–Crippen MR) is 122 cm³/mol. The molecule has 0 spiro atoms. The van der Waals surface area contributed by atoms with Crippen molar-refractivity contribution < 1.29 is 14.3 Å². The van der Waals surface area contributed by atoms with E-state index in [-0.39, 0.29) is 36.0 Å². The Kier molecular flexibility index (Phi) is 7.06. The molecule has 30 heavy (non-hydrogen) atoms. The van der Waals surface area contributed by atoms with E-state index in [4.69, 9.17) is 4.74 Å². The van der Waals surface area contributed by atoms with E-state index < -0.39 is 5.97 Å². The first-order valence-electron chi connectivity index (χ1n) is 9.97. The van der Waals surface area contributed by atoms with E-state index in [0.29, 0.717) is 29.2 Å². The number of fused-ring (bicyclic) bond motifs is 1. The minimum Gasteiger partial charge on any atom is -0.462 e. The summed E-state index contributed by atoms with van der Waals surface area (Å²) in [4.78, 5) is 26.8. The van der Waals surface area contributed by atoms with E-state index in [1.165, 1.54) is 11.3 Å². The van der Waals surface area contributed by atoms with Crippen molar-refractivity contribution >= 4 is 40.6 Å². The fourth-order valence-corrected chi connectivity index (χ4v) is 5.40. The van der Waals surface area contributed by atoms with Gasteiger partial charge in [0.25, 0.3) is 5.91 Å². The largest absolute Gasteiger partial charge is 0.462 e. The highest BCUT2D eigenvalue weighted by Crippen LogP contribution is 2.45. The number of amides is 1. The summed E-state index contributed by atoms with van der Waals surface area (Å²) in [5.41, 5.74) is 2.16. The molecule has 0 radical (unpaired) electrons. The van der Waals surface area contributed by atoms with E-state index in [1.54, 1.807) is 17.7 Å². The van der Waals surface area contributed by atoms with Gasteiger partial charge < -0.3 is 15.4 Å². The number of halogens is 1. The predicted octanol–water partition coefficient (Wildman–Crippen LogP) is 4.28. The van der Waals surface area contributed by atoms with Gasteiger partial charge in [0, 0.05) is 28.2 Å². The molecule has 0 saturated heterocycles. The summed E-state index contributed by atoms with van der Waals surface area (Å²) >= 11 is 1.43. The van der Waals surface area contributed by atoms with Gasteiger partial charge in [0.2, 0.25) is 0 Å². The highest BCUT2D eigenvalue weighted by molar-refractivity contribution is 7.17. The van der Waals surface area contributed by atoms with E-state index in [9.17, 15) is 9.59 Å². The zero-order chi connectivity index (χ0) is 21.6. The van der Waals surface area contributed by atoms with Crippen LogP contribution >= 0.6 is 23.7 Å². The molecule has 166 valence electrons. The van der Waals surface area contributed by atoms with Crippen LogP contribution in [0.15, 0.2) is 6.07 Å². The number of esters is 1. The van der Waals surface area contributed by atoms with Crippen LogP contribution in [0.1, 0.15) is 78.5 Å². The monoisotopic (exact) mass is 454 g/mol. The number of carbonyl (C=O) groups is 2. The van der Waals surface area contributed by atoms with Crippen LogP contribution in [0.5, 0.6) is 0 Å². The first-order chi connectivity index (χ1) is 13.5. The first kappa shape index (κ1) is 24.4. The van der Waals surface area contributed by atoms with E-state index in [1.807, 2.05) is 13.8 Å². The van der Waals surface area contributed by atoms with Crippen LogP contribution in [-0.2, 0) is 23.2 Å². The van der Waals surface area contributed by atoms with E-state index in [2.05, 4.69) is 43.4 Å². The third kappa shape index (κ3) is 4.55. The van der Waals surface area contributed by atoms with Crippen molar-refractivity contribution in [2.75, 3.05) is 11.9 Å². The number of ether oxygens (including phenoxy) is 1. The molecule has 1 amide bonds. The van der Waals surface area contributed by atoms with Crippen molar-refractivity contribution in [3.8, 4) is 0 Å². The Balaban J connectivity index is 0.00000320. The lowest BCUT2D eigenvalue weighted by atomic mass is 9.81. The van der Waals surface area contributed by atoms with Gasteiger partial charge in [-0.1, -0.05) is 0 Å². The van der Waals surface area contributed by atoms with Crippen LogP contribution < -0.4 is 10.6 Å². The second kappa shape index (κ2) is 8.69. The van der Waals surface area contributed by atoms with Crippen molar-refractivity contribution in [3.05, 3.63) is 33.5 Å². The summed E-state index contributed by atoms with van der Waals surface area (Å²) < 4.78 is 7.11. The van der Waals surface area contributed by atoms with E-state index >= 15 is 0 Å². The molecule has 2 N–H and O–H groups in total. The van der Waals surface area contributed by atoms with Crippen molar-refractivity contribution in [1.29, 1.82) is 0 Å². The molecule has 0 saturated carbocycles. The lowest BCUT2D eigenvalue weighted by Crippen LogP contribution is -2.55. The summed E-state index contributed by atoms with van der Waals surface area (Å²) in [6.45, 7) is 15.1. The molecule has 0 fully saturated rings. The van der Waals surface area contributed by atoms with Crippen molar-refractivity contribution in [1.82, 2.24) is 15.1 Å². The van der Waals surface area contributed by atoms with Crippen LogP contribution in [-0.4, -0.2) is 33.8 Å². The number of hydrogen-bond donors (Lipinski definition) is 2. The number of hydrogen-bond acceptors (Lipinski definition) is 6. The van der Waals surface area contributed by atoms with Gasteiger partial charge in [0.05, 0.1) is 12.2 Å². The highest BCUT2D eigenvalue weighted by atomic mass is 35.5. The van der Waals surface area contributed by atoms with Gasteiger partial charge in [-0.25, -0.2) is 4.79 Å². The molecule has 0 atom stereocenters. The van der Waals surface area contributed by atoms with Gasteiger partial charge in [-0.05, 0) is 66.5 Å². The highest BCUT2D eigenvalue weighted by Gasteiger charge is 2.42. The summed E-state index contributed by atoms with van der Waals surface area (Å²) in [5, 5.41) is 11.4. The molecular formula is C21H31ClN4O3S. The number of aryl methyl sites for hydroxylation is 2. The zero-order valence-corrected chi connectivity index (χ0v) is 20.3. The first-order valence-corrected chi connectivity index (χ1v) is 10.8. The number of nitrogens with zero attached hydrogens (tertiary/aromatic N) is 2.